The van der Waals surface area contributed by atoms with Crippen molar-refractivity contribution in [2.45, 2.75) is 31.7 Å². The lowest BCUT2D eigenvalue weighted by atomic mass is 9.89. The number of carbonyl (C=O) groups excluding carboxylic acids is 2. The van der Waals surface area contributed by atoms with Crippen molar-refractivity contribution in [1.82, 2.24) is 4.90 Å². The van der Waals surface area contributed by atoms with E-state index in [1.54, 1.807) is 12.1 Å². The van der Waals surface area contributed by atoms with Crippen LogP contribution in [0.2, 0.25) is 0 Å². The van der Waals surface area contributed by atoms with Crippen molar-refractivity contribution < 1.29 is 28.6 Å². The van der Waals surface area contributed by atoms with Gasteiger partial charge in [0, 0.05) is 28.2 Å². The summed E-state index contributed by atoms with van der Waals surface area (Å²) in [6.07, 6.45) is 1.61. The number of rotatable bonds is 7. The number of furan rings is 1. The van der Waals surface area contributed by atoms with Gasteiger partial charge < -0.3 is 14.3 Å². The van der Waals surface area contributed by atoms with Crippen molar-refractivity contribution in [3.05, 3.63) is 95.1 Å². The molecule has 1 fully saturated rings. The maximum Gasteiger partial charge on any atom is 0.408 e. The smallest absolute Gasteiger partial charge is 0.408 e. The summed E-state index contributed by atoms with van der Waals surface area (Å²) in [7, 11) is 0. The molecule has 8 heteroatoms. The largest absolute Gasteiger partial charge is 0.465 e. The molecule has 1 aliphatic heterocycles. The van der Waals surface area contributed by atoms with Crippen molar-refractivity contribution in [2.75, 3.05) is 18.5 Å². The van der Waals surface area contributed by atoms with Gasteiger partial charge in [0.15, 0.2) is 12.4 Å². The molecule has 1 N–H and O–H groups in total. The van der Waals surface area contributed by atoms with Gasteiger partial charge in [-0.25, -0.2) is 9.59 Å². The molecular formula is C35H28BrNO6. The zero-order valence-electron chi connectivity index (χ0n) is 23.3. The molecule has 1 atom stereocenters. The van der Waals surface area contributed by atoms with E-state index in [4.69, 9.17) is 9.15 Å². The van der Waals surface area contributed by atoms with E-state index in [9.17, 15) is 19.5 Å². The lowest BCUT2D eigenvalue weighted by Crippen LogP contribution is -2.41. The number of carboxylic acid groups (broad SMARTS) is 1. The van der Waals surface area contributed by atoms with Crippen LogP contribution in [0.15, 0.2) is 77.2 Å². The summed E-state index contributed by atoms with van der Waals surface area (Å²) in [6.45, 7) is -0.178. The van der Waals surface area contributed by atoms with E-state index in [0.717, 1.165) is 45.0 Å². The third-order valence-electron chi connectivity index (χ3n) is 8.64. The van der Waals surface area contributed by atoms with Crippen LogP contribution in [0.1, 0.15) is 39.9 Å². The van der Waals surface area contributed by atoms with E-state index in [0.29, 0.717) is 24.0 Å². The molecule has 1 aromatic heterocycles. The number of alkyl halides is 1. The van der Waals surface area contributed by atoms with Crippen molar-refractivity contribution >= 4 is 55.7 Å². The Labute approximate surface area is 256 Å². The van der Waals surface area contributed by atoms with E-state index in [2.05, 4.69) is 70.5 Å². The van der Waals surface area contributed by atoms with Crippen molar-refractivity contribution in [2.24, 2.45) is 0 Å². The highest BCUT2D eigenvalue weighted by Gasteiger charge is 2.35. The van der Waals surface area contributed by atoms with Gasteiger partial charge in [-0.3, -0.25) is 9.69 Å². The second-order valence-electron chi connectivity index (χ2n) is 11.1. The van der Waals surface area contributed by atoms with E-state index in [-0.39, 0.29) is 12.3 Å². The number of ketones is 1. The molecule has 1 aliphatic carbocycles. The van der Waals surface area contributed by atoms with Crippen LogP contribution in [0.5, 0.6) is 0 Å². The Hall–Kier alpha value is -4.43. The van der Waals surface area contributed by atoms with Gasteiger partial charge in [0.05, 0.1) is 0 Å². The Bertz CT molecular complexity index is 1940. The van der Waals surface area contributed by atoms with Crippen molar-refractivity contribution in [3.8, 4) is 22.3 Å². The average molecular weight is 639 g/mol. The number of ether oxygens (including phenoxy) is 1. The first-order valence-electron chi connectivity index (χ1n) is 14.4. The second-order valence-corrected chi connectivity index (χ2v) is 11.9. The van der Waals surface area contributed by atoms with Crippen LogP contribution in [0.4, 0.5) is 4.79 Å². The molecule has 2 heterocycles. The second kappa shape index (κ2) is 11.0. The number of nitrogens with zero attached hydrogens (tertiary/aromatic N) is 1. The number of halogens is 1. The van der Waals surface area contributed by atoms with E-state index in [1.165, 1.54) is 33.4 Å². The molecule has 0 bridgehead atoms. The number of amides is 1. The first-order chi connectivity index (χ1) is 20.9. The first-order valence-corrected chi connectivity index (χ1v) is 15.5. The van der Waals surface area contributed by atoms with Crippen molar-refractivity contribution in [3.63, 3.8) is 0 Å². The molecule has 1 amide bonds. The lowest BCUT2D eigenvalue weighted by Gasteiger charge is -2.19. The highest BCUT2D eigenvalue weighted by atomic mass is 79.9. The minimum Gasteiger partial charge on any atom is -0.465 e. The van der Waals surface area contributed by atoms with Gasteiger partial charge in [-0.05, 0) is 88.9 Å². The quantitative estimate of drug-likeness (QED) is 0.110. The summed E-state index contributed by atoms with van der Waals surface area (Å²) in [5.74, 6) is -1.07. The summed E-state index contributed by atoms with van der Waals surface area (Å²) in [5.41, 5.74) is 10.5. The minimum atomic E-state index is -1.16. The molecule has 7 rings (SSSR count). The Kier molecular flexibility index (Phi) is 7.01. The van der Waals surface area contributed by atoms with E-state index < -0.39 is 24.7 Å². The predicted molar refractivity (Wildman–Crippen MR) is 168 cm³/mol. The zero-order valence-corrected chi connectivity index (χ0v) is 24.9. The SMILES string of the molecule is O=C(COC(=O)C1CCCN1C(=O)O)c1ccc2c(c1)oc1cc(-c3c(CCBr)ccc4c3Cc3ccccc3-4)ccc12. The molecular weight excluding hydrogens is 610 g/mol. The fourth-order valence-electron chi connectivity index (χ4n) is 6.59. The summed E-state index contributed by atoms with van der Waals surface area (Å²) >= 11 is 3.63. The van der Waals surface area contributed by atoms with Crippen molar-refractivity contribution in [1.29, 1.82) is 0 Å². The molecule has 0 spiro atoms. The van der Waals surface area contributed by atoms with E-state index in [1.807, 2.05) is 6.07 Å². The summed E-state index contributed by atoms with van der Waals surface area (Å²) in [4.78, 5) is 37.8. The summed E-state index contributed by atoms with van der Waals surface area (Å²) in [5, 5.41) is 12.0. The van der Waals surface area contributed by atoms with Crippen LogP contribution < -0.4 is 0 Å². The zero-order chi connectivity index (χ0) is 29.7. The first kappa shape index (κ1) is 27.4. The van der Waals surface area contributed by atoms with Crippen LogP contribution in [0, 0.1) is 0 Å². The highest BCUT2D eigenvalue weighted by molar-refractivity contribution is 9.09. The number of hydrogen-bond donors (Lipinski definition) is 1. The van der Waals surface area contributed by atoms with Crippen LogP contribution in [0.25, 0.3) is 44.2 Å². The Morgan fingerprint density at radius 2 is 1.74 bits per heavy atom. The molecule has 0 saturated carbocycles. The standard InChI is InChI=1S/C35H28BrNO6/c36-14-13-20-7-10-25-24-5-2-1-4-21(24)16-28(25)33(20)23-9-12-27-26-11-8-22(17-31(26)43-32(27)18-23)30(38)19-42-34(39)29-6-3-15-37(29)35(40)41/h1-2,4-5,7-12,17-18,29H,3,6,13-16,19H2,(H,40,41). The summed E-state index contributed by atoms with van der Waals surface area (Å²) < 4.78 is 11.5. The van der Waals surface area contributed by atoms with Crippen LogP contribution in [-0.4, -0.2) is 52.4 Å². The monoisotopic (exact) mass is 637 g/mol. The number of benzene rings is 4. The van der Waals surface area contributed by atoms with Crippen LogP contribution in [-0.2, 0) is 22.4 Å². The Morgan fingerprint density at radius 1 is 0.953 bits per heavy atom. The molecule has 4 aromatic carbocycles. The maximum absolute atomic E-state index is 12.9. The number of carbonyl (C=O) groups is 3. The number of likely N-dealkylation sites (tertiary alicyclic amines) is 1. The minimum absolute atomic E-state index is 0.283. The van der Waals surface area contributed by atoms with E-state index >= 15 is 0 Å². The number of hydrogen-bond acceptors (Lipinski definition) is 5. The number of aryl methyl sites for hydroxylation is 1. The number of fused-ring (bicyclic) bond motifs is 6. The van der Waals surface area contributed by atoms with Crippen LogP contribution >= 0.6 is 15.9 Å². The predicted octanol–water partition coefficient (Wildman–Crippen LogP) is 7.63. The lowest BCUT2D eigenvalue weighted by molar-refractivity contribution is -0.147. The molecule has 7 nitrogen and oxygen atoms in total. The normalized spacial score (nSPS) is 15.6. The van der Waals surface area contributed by atoms with Crippen LogP contribution in [0.3, 0.4) is 0 Å². The molecule has 1 unspecified atom stereocenters. The fourth-order valence-corrected chi connectivity index (χ4v) is 7.02. The Morgan fingerprint density at radius 3 is 2.56 bits per heavy atom. The third kappa shape index (κ3) is 4.79. The van der Waals surface area contributed by atoms with Gasteiger partial charge in [-0.1, -0.05) is 64.5 Å². The van der Waals surface area contributed by atoms with Gasteiger partial charge in [-0.2, -0.15) is 0 Å². The van der Waals surface area contributed by atoms with Gasteiger partial charge in [0.1, 0.15) is 17.2 Å². The maximum atomic E-state index is 12.9. The third-order valence-corrected chi connectivity index (χ3v) is 9.03. The summed E-state index contributed by atoms with van der Waals surface area (Å²) in [6, 6.07) is 23.7. The molecule has 1 saturated heterocycles. The van der Waals surface area contributed by atoms with Gasteiger partial charge in [-0.15, -0.1) is 0 Å². The molecule has 0 radical (unpaired) electrons. The van der Waals surface area contributed by atoms with Gasteiger partial charge in [0.25, 0.3) is 0 Å². The Balaban J connectivity index is 1.18. The molecule has 216 valence electrons. The molecule has 43 heavy (non-hydrogen) atoms. The van der Waals surface area contributed by atoms with Gasteiger partial charge in [0.2, 0.25) is 0 Å². The molecule has 5 aromatic rings. The average Bonchev–Trinajstić information content (AvgIpc) is 3.74. The number of Topliss-reactive ketones (excluding diaryl/α,β-unsaturated/α-hetero) is 1. The van der Waals surface area contributed by atoms with Gasteiger partial charge >= 0.3 is 12.1 Å². The topological polar surface area (TPSA) is 97.1 Å². The number of esters is 1. The fraction of sp³-hybridized carbons (Fsp3) is 0.229. The highest BCUT2D eigenvalue weighted by Crippen LogP contribution is 2.44. The molecule has 2 aliphatic rings.